The van der Waals surface area contributed by atoms with E-state index in [1.165, 1.54) is 56.9 Å². The van der Waals surface area contributed by atoms with Crippen LogP contribution >= 0.6 is 0 Å². The van der Waals surface area contributed by atoms with Gasteiger partial charge in [-0.2, -0.15) is 0 Å². The lowest BCUT2D eigenvalue weighted by atomic mass is 9.68. The van der Waals surface area contributed by atoms with Gasteiger partial charge in [0.2, 0.25) is 0 Å². The van der Waals surface area contributed by atoms with E-state index in [9.17, 15) is 0 Å². The summed E-state index contributed by atoms with van der Waals surface area (Å²) >= 11 is 0. The van der Waals surface area contributed by atoms with E-state index in [1.807, 2.05) is 0 Å². The molecule has 3 rings (SSSR count). The number of hydrogen-bond acceptors (Lipinski definition) is 0. The van der Waals surface area contributed by atoms with Gasteiger partial charge in [0, 0.05) is 0 Å². The Morgan fingerprint density at radius 1 is 0.800 bits per heavy atom. The van der Waals surface area contributed by atoms with Gasteiger partial charge in [-0.05, 0) is 99.5 Å². The van der Waals surface area contributed by atoms with Crippen molar-refractivity contribution in [1.82, 2.24) is 0 Å². The molecule has 1 aromatic carbocycles. The maximum Gasteiger partial charge on any atom is -0.0162 e. The van der Waals surface area contributed by atoms with Gasteiger partial charge >= 0.3 is 0 Å². The van der Waals surface area contributed by atoms with Crippen LogP contribution in [0.3, 0.4) is 0 Å². The first-order valence-electron chi connectivity index (χ1n) is 10.7. The molecular formula is C25H36. The van der Waals surface area contributed by atoms with Crippen molar-refractivity contribution in [2.24, 2.45) is 17.8 Å². The SMILES string of the molecule is C/C=C/C=C/C1CCC(C2CCC(c3ccc(CC)cc3)CC2)CC1. The predicted molar refractivity (Wildman–Crippen MR) is 110 cm³/mol. The van der Waals surface area contributed by atoms with Crippen molar-refractivity contribution in [2.75, 3.05) is 0 Å². The fraction of sp³-hybridized carbons (Fsp3) is 0.600. The lowest BCUT2D eigenvalue weighted by molar-refractivity contribution is 0.171. The molecule has 0 amide bonds. The zero-order valence-corrected chi connectivity index (χ0v) is 16.3. The van der Waals surface area contributed by atoms with E-state index in [0.29, 0.717) is 0 Å². The predicted octanol–water partition coefficient (Wildman–Crippen LogP) is 7.46. The standard InChI is InChI=1S/C25H36/c1-3-5-6-7-21-10-14-23(15-11-21)25-18-16-24(17-19-25)22-12-8-20(4-2)9-13-22/h3,5-9,12-13,21,23-25H,4,10-11,14-19H2,1-2H3/b5-3+,7-6+. The molecule has 2 aliphatic rings. The third kappa shape index (κ3) is 5.09. The molecular weight excluding hydrogens is 300 g/mol. The first-order valence-corrected chi connectivity index (χ1v) is 10.7. The molecule has 0 N–H and O–H groups in total. The quantitative estimate of drug-likeness (QED) is 0.489. The summed E-state index contributed by atoms with van der Waals surface area (Å²) in [6.07, 6.45) is 21.6. The van der Waals surface area contributed by atoms with E-state index in [-0.39, 0.29) is 0 Å². The maximum atomic E-state index is 2.44. The summed E-state index contributed by atoms with van der Waals surface area (Å²) in [5.74, 6) is 3.67. The lowest BCUT2D eigenvalue weighted by Gasteiger charge is -2.37. The second-order valence-corrected chi connectivity index (χ2v) is 8.29. The molecule has 0 aromatic heterocycles. The fourth-order valence-corrected chi connectivity index (χ4v) is 5.09. The van der Waals surface area contributed by atoms with Crippen LogP contribution in [0.5, 0.6) is 0 Å². The summed E-state index contributed by atoms with van der Waals surface area (Å²) < 4.78 is 0. The molecule has 0 unspecified atom stereocenters. The van der Waals surface area contributed by atoms with Gasteiger partial charge in [0.05, 0.1) is 0 Å². The third-order valence-electron chi connectivity index (χ3n) is 6.80. The van der Waals surface area contributed by atoms with Crippen LogP contribution in [0, 0.1) is 17.8 Å². The van der Waals surface area contributed by atoms with Gasteiger partial charge < -0.3 is 0 Å². The monoisotopic (exact) mass is 336 g/mol. The van der Waals surface area contributed by atoms with Crippen LogP contribution in [0.4, 0.5) is 0 Å². The maximum absolute atomic E-state index is 2.44. The first-order chi connectivity index (χ1) is 12.3. The van der Waals surface area contributed by atoms with E-state index in [0.717, 1.165) is 30.1 Å². The van der Waals surface area contributed by atoms with Crippen molar-refractivity contribution in [3.05, 3.63) is 59.7 Å². The van der Waals surface area contributed by atoms with Crippen LogP contribution in [0.25, 0.3) is 0 Å². The highest BCUT2D eigenvalue weighted by atomic mass is 14.4. The highest BCUT2D eigenvalue weighted by molar-refractivity contribution is 5.25. The normalized spacial score (nSPS) is 31.0. The van der Waals surface area contributed by atoms with Crippen LogP contribution in [0.2, 0.25) is 0 Å². The average molecular weight is 337 g/mol. The van der Waals surface area contributed by atoms with Crippen LogP contribution in [-0.2, 0) is 6.42 Å². The van der Waals surface area contributed by atoms with Gasteiger partial charge in [0.25, 0.3) is 0 Å². The Hall–Kier alpha value is -1.30. The molecule has 136 valence electrons. The summed E-state index contributed by atoms with van der Waals surface area (Å²) in [4.78, 5) is 0. The molecule has 0 aliphatic heterocycles. The molecule has 0 heteroatoms. The number of hydrogen-bond donors (Lipinski definition) is 0. The topological polar surface area (TPSA) is 0 Å². The van der Waals surface area contributed by atoms with E-state index in [1.54, 1.807) is 5.56 Å². The van der Waals surface area contributed by atoms with E-state index >= 15 is 0 Å². The smallest absolute Gasteiger partial charge is 0.0162 e. The molecule has 25 heavy (non-hydrogen) atoms. The van der Waals surface area contributed by atoms with E-state index < -0.39 is 0 Å². The second kappa shape index (κ2) is 9.41. The largest absolute Gasteiger partial charge is 0.0877 e. The average Bonchev–Trinajstić information content (AvgIpc) is 2.69. The van der Waals surface area contributed by atoms with E-state index in [4.69, 9.17) is 0 Å². The Labute approximate surface area is 155 Å². The van der Waals surface area contributed by atoms with Crippen molar-refractivity contribution in [2.45, 2.75) is 77.6 Å². The third-order valence-corrected chi connectivity index (χ3v) is 6.80. The highest BCUT2D eigenvalue weighted by Crippen LogP contribution is 2.44. The van der Waals surface area contributed by atoms with Crippen molar-refractivity contribution >= 4 is 0 Å². The van der Waals surface area contributed by atoms with Crippen LogP contribution in [0.15, 0.2) is 48.6 Å². The second-order valence-electron chi connectivity index (χ2n) is 8.29. The van der Waals surface area contributed by atoms with E-state index in [2.05, 4.69) is 62.4 Å². The van der Waals surface area contributed by atoms with Gasteiger partial charge in [-0.3, -0.25) is 0 Å². The molecule has 2 saturated carbocycles. The zero-order valence-electron chi connectivity index (χ0n) is 16.3. The molecule has 2 aliphatic carbocycles. The minimum absolute atomic E-state index is 0.822. The zero-order chi connectivity index (χ0) is 17.5. The van der Waals surface area contributed by atoms with Crippen molar-refractivity contribution < 1.29 is 0 Å². The molecule has 0 saturated heterocycles. The Balaban J connectivity index is 1.45. The lowest BCUT2D eigenvalue weighted by Crippen LogP contribution is -2.25. The van der Waals surface area contributed by atoms with Gasteiger partial charge in [-0.15, -0.1) is 0 Å². The Morgan fingerprint density at radius 3 is 1.96 bits per heavy atom. The molecule has 2 fully saturated rings. The van der Waals surface area contributed by atoms with Crippen LogP contribution < -0.4 is 0 Å². The van der Waals surface area contributed by atoms with Crippen molar-refractivity contribution in [1.29, 1.82) is 0 Å². The fourth-order valence-electron chi connectivity index (χ4n) is 5.09. The molecule has 0 heterocycles. The van der Waals surface area contributed by atoms with Gasteiger partial charge in [-0.25, -0.2) is 0 Å². The van der Waals surface area contributed by atoms with Gasteiger partial charge in [0.15, 0.2) is 0 Å². The van der Waals surface area contributed by atoms with Gasteiger partial charge in [0.1, 0.15) is 0 Å². The number of aryl methyl sites for hydroxylation is 1. The Kier molecular flexibility index (Phi) is 6.96. The molecule has 0 spiro atoms. The number of rotatable bonds is 5. The van der Waals surface area contributed by atoms with Crippen molar-refractivity contribution in [3.63, 3.8) is 0 Å². The minimum Gasteiger partial charge on any atom is -0.0877 e. The summed E-state index contributed by atoms with van der Waals surface area (Å²) in [7, 11) is 0. The summed E-state index contributed by atoms with van der Waals surface area (Å²) in [6.45, 7) is 4.33. The Morgan fingerprint density at radius 2 is 1.40 bits per heavy atom. The summed E-state index contributed by atoms with van der Waals surface area (Å²) in [5.41, 5.74) is 3.06. The molecule has 0 atom stereocenters. The van der Waals surface area contributed by atoms with Gasteiger partial charge in [-0.1, -0.05) is 55.5 Å². The Bertz CT molecular complexity index is 546. The summed E-state index contributed by atoms with van der Waals surface area (Å²) in [5, 5.41) is 0. The van der Waals surface area contributed by atoms with Crippen molar-refractivity contribution in [3.8, 4) is 0 Å². The summed E-state index contributed by atoms with van der Waals surface area (Å²) in [6, 6.07) is 9.46. The first kappa shape index (κ1) is 18.5. The van der Waals surface area contributed by atoms with Crippen LogP contribution in [-0.4, -0.2) is 0 Å². The number of allylic oxidation sites excluding steroid dienone is 4. The highest BCUT2D eigenvalue weighted by Gasteiger charge is 2.30. The molecule has 1 aromatic rings. The minimum atomic E-state index is 0.822. The molecule has 0 bridgehead atoms. The molecule has 0 nitrogen and oxygen atoms in total. The van der Waals surface area contributed by atoms with Crippen LogP contribution in [0.1, 0.15) is 82.3 Å². The molecule has 0 radical (unpaired) electrons. The number of benzene rings is 1.